The van der Waals surface area contributed by atoms with Gasteiger partial charge in [0.15, 0.2) is 5.38 Å². The Morgan fingerprint density at radius 1 is 1.16 bits per heavy atom. The van der Waals surface area contributed by atoms with Crippen molar-refractivity contribution in [3.63, 3.8) is 0 Å². The van der Waals surface area contributed by atoms with Crippen LogP contribution in [0.25, 0.3) is 10.9 Å². The van der Waals surface area contributed by atoms with Crippen molar-refractivity contribution in [1.82, 2.24) is 19.9 Å². The molecule has 0 bridgehead atoms. The second-order valence-corrected chi connectivity index (χ2v) is 10.8. The molecule has 37 heavy (non-hydrogen) atoms. The van der Waals surface area contributed by atoms with Gasteiger partial charge in [-0.05, 0) is 49.1 Å². The molecule has 5 rings (SSSR count). The van der Waals surface area contributed by atoms with Crippen molar-refractivity contribution in [2.24, 2.45) is 5.92 Å². The van der Waals surface area contributed by atoms with Gasteiger partial charge >= 0.3 is 0 Å². The third-order valence-corrected chi connectivity index (χ3v) is 7.81. The van der Waals surface area contributed by atoms with Crippen LogP contribution in [0.3, 0.4) is 0 Å². The van der Waals surface area contributed by atoms with Gasteiger partial charge in [-0.2, -0.15) is 0 Å². The number of hydrogen-bond donors (Lipinski definition) is 2. The van der Waals surface area contributed by atoms with Crippen LogP contribution in [0.4, 0.5) is 11.5 Å². The monoisotopic (exact) mass is 540 g/mol. The maximum Gasteiger partial charge on any atom is 0.268 e. The van der Waals surface area contributed by atoms with Gasteiger partial charge in [0.1, 0.15) is 30.3 Å². The molecule has 2 N–H and O–H groups in total. The van der Waals surface area contributed by atoms with Gasteiger partial charge in [0, 0.05) is 29.2 Å². The Morgan fingerprint density at radius 2 is 2.03 bits per heavy atom. The van der Waals surface area contributed by atoms with Gasteiger partial charge in [0.25, 0.3) is 5.94 Å². The number of nitrogens with one attached hydrogen (secondary N) is 1. The SMILES string of the molecule is O=C(CO)N1CCC(COc2cccc3ncnc(Nc4ccc(OC[s+]5ccnc5)c(Cl)c4)c23)CC1. The van der Waals surface area contributed by atoms with Crippen molar-refractivity contribution in [1.29, 1.82) is 0 Å². The highest BCUT2D eigenvalue weighted by Crippen LogP contribution is 2.35. The third kappa shape index (κ3) is 6.10. The van der Waals surface area contributed by atoms with Crippen molar-refractivity contribution in [2.75, 3.05) is 31.6 Å². The minimum absolute atomic E-state index is 0.127. The van der Waals surface area contributed by atoms with Crippen molar-refractivity contribution < 1.29 is 19.4 Å². The van der Waals surface area contributed by atoms with Crippen molar-refractivity contribution in [3.05, 3.63) is 64.8 Å². The fourth-order valence-electron chi connectivity index (χ4n) is 4.25. The van der Waals surface area contributed by atoms with Gasteiger partial charge < -0.3 is 24.8 Å². The van der Waals surface area contributed by atoms with Crippen LogP contribution in [0.1, 0.15) is 12.8 Å². The number of carbonyl (C=O) groups excluding carboxylic acids is 1. The van der Waals surface area contributed by atoms with E-state index in [2.05, 4.69) is 20.3 Å². The molecule has 192 valence electrons. The second kappa shape index (κ2) is 11.7. The number of rotatable bonds is 9. The van der Waals surface area contributed by atoms with E-state index in [0.717, 1.165) is 29.4 Å². The maximum absolute atomic E-state index is 11.7. The summed E-state index contributed by atoms with van der Waals surface area (Å²) in [6.45, 7) is 1.34. The number of hydrogen-bond acceptors (Lipinski definition) is 8. The molecule has 0 spiro atoms. The normalized spacial score (nSPS) is 14.5. The summed E-state index contributed by atoms with van der Waals surface area (Å²) in [7, 11) is -0.127. The number of thiazole rings is 1. The second-order valence-electron chi connectivity index (χ2n) is 8.71. The molecule has 9 nitrogen and oxygen atoms in total. The third-order valence-electron chi connectivity index (χ3n) is 6.26. The zero-order chi connectivity index (χ0) is 25.6. The molecule has 11 heteroatoms. The van der Waals surface area contributed by atoms with Gasteiger partial charge in [-0.25, -0.2) is 15.0 Å². The molecule has 1 aliphatic rings. The van der Waals surface area contributed by atoms with Gasteiger partial charge in [-0.15, -0.1) is 0 Å². The number of halogens is 1. The highest BCUT2D eigenvalue weighted by molar-refractivity contribution is 7.27. The summed E-state index contributed by atoms with van der Waals surface area (Å²) in [4.78, 5) is 26.4. The number of carbonyl (C=O) groups is 1. The summed E-state index contributed by atoms with van der Waals surface area (Å²) in [6.07, 6.45) is 4.94. The minimum atomic E-state index is -0.443. The Balaban J connectivity index is 1.28. The van der Waals surface area contributed by atoms with Crippen LogP contribution in [0.5, 0.6) is 11.5 Å². The van der Waals surface area contributed by atoms with Crippen LogP contribution >= 0.6 is 22.1 Å². The number of benzene rings is 2. The van der Waals surface area contributed by atoms with Gasteiger partial charge in [0.05, 0.1) is 28.7 Å². The van der Waals surface area contributed by atoms with E-state index in [1.54, 1.807) is 17.2 Å². The van der Waals surface area contributed by atoms with E-state index in [0.29, 0.717) is 53.9 Å². The molecule has 1 amide bonds. The first-order valence-corrected chi connectivity index (χ1v) is 13.8. The van der Waals surface area contributed by atoms with Crippen molar-refractivity contribution in [2.45, 2.75) is 18.8 Å². The van der Waals surface area contributed by atoms with Crippen molar-refractivity contribution >= 4 is 50.4 Å². The molecule has 0 radical (unpaired) electrons. The predicted octanol–water partition coefficient (Wildman–Crippen LogP) is 4.82. The molecular formula is C26H27ClN5O4S+. The molecule has 0 aliphatic carbocycles. The highest BCUT2D eigenvalue weighted by Gasteiger charge is 2.23. The fourth-order valence-corrected chi connectivity index (χ4v) is 5.41. The molecule has 1 saturated heterocycles. The standard InChI is InChI=1S/C26H27ClN5O4S/c27-20-12-19(4-5-22(20)36-17-37-11-8-28-16-37)31-26-25-21(29-15-30-26)2-1-3-23(25)35-14-18-6-9-32(10-7-18)24(34)13-33/h1-5,8,11-12,15-16,18,33H,6-7,9-10,13-14,17H2,(H,29,30,31)/q+1. The Hall–Kier alpha value is -3.47. The topological polar surface area (TPSA) is 110 Å². The Bertz CT molecular complexity index is 1360. The number of piperidine rings is 1. The van der Waals surface area contributed by atoms with E-state index in [-0.39, 0.29) is 16.4 Å². The fraction of sp³-hybridized carbons (Fsp3) is 0.308. The van der Waals surface area contributed by atoms with Gasteiger partial charge in [-0.3, -0.25) is 4.79 Å². The van der Waals surface area contributed by atoms with Gasteiger partial charge in [-0.1, -0.05) is 17.7 Å². The van der Waals surface area contributed by atoms with E-state index >= 15 is 0 Å². The smallest absolute Gasteiger partial charge is 0.268 e. The van der Waals surface area contributed by atoms with Crippen LogP contribution in [0.15, 0.2) is 59.8 Å². The van der Waals surface area contributed by atoms with Crippen LogP contribution < -0.4 is 14.8 Å². The lowest BCUT2D eigenvalue weighted by atomic mass is 9.98. The number of aliphatic hydroxyl groups is 1. The van der Waals surface area contributed by atoms with Crippen LogP contribution in [0, 0.1) is 5.92 Å². The molecule has 3 heterocycles. The Labute approximate surface area is 222 Å². The summed E-state index contributed by atoms with van der Waals surface area (Å²) in [5.74, 6) is 2.51. The molecule has 2 aromatic heterocycles. The summed E-state index contributed by atoms with van der Waals surface area (Å²) in [6, 6.07) is 11.3. The predicted molar refractivity (Wildman–Crippen MR) is 144 cm³/mol. The highest BCUT2D eigenvalue weighted by atomic mass is 35.5. The van der Waals surface area contributed by atoms with Crippen LogP contribution in [-0.4, -0.2) is 57.2 Å². The first kappa shape index (κ1) is 25.2. The summed E-state index contributed by atoms with van der Waals surface area (Å²) >= 11 is 6.50. The number of fused-ring (bicyclic) bond motifs is 1. The van der Waals surface area contributed by atoms with E-state index in [1.807, 2.05) is 41.2 Å². The molecule has 1 fully saturated rings. The van der Waals surface area contributed by atoms with Crippen molar-refractivity contribution in [3.8, 4) is 11.5 Å². The van der Waals surface area contributed by atoms with E-state index in [9.17, 15) is 4.79 Å². The Morgan fingerprint density at radius 3 is 2.78 bits per heavy atom. The molecule has 1 atom stereocenters. The number of likely N-dealkylation sites (tertiary alicyclic amines) is 1. The molecule has 1 unspecified atom stereocenters. The van der Waals surface area contributed by atoms with E-state index < -0.39 is 6.61 Å². The minimum Gasteiger partial charge on any atom is -0.492 e. The number of amides is 1. The van der Waals surface area contributed by atoms with Crippen LogP contribution in [-0.2, 0) is 10.7 Å². The largest absolute Gasteiger partial charge is 0.492 e. The number of nitrogens with zero attached hydrogens (tertiary/aromatic N) is 4. The summed E-state index contributed by atoms with van der Waals surface area (Å²) < 4.78 is 12.1. The molecular weight excluding hydrogens is 514 g/mol. The lowest BCUT2D eigenvalue weighted by Crippen LogP contribution is -2.41. The number of ether oxygens (including phenoxy) is 2. The first-order valence-electron chi connectivity index (χ1n) is 11.9. The maximum atomic E-state index is 11.7. The summed E-state index contributed by atoms with van der Waals surface area (Å²) in [5.41, 5.74) is 3.39. The summed E-state index contributed by atoms with van der Waals surface area (Å²) in [5, 5.41) is 15.7. The zero-order valence-electron chi connectivity index (χ0n) is 20.0. The Kier molecular flexibility index (Phi) is 7.98. The molecule has 0 saturated carbocycles. The lowest BCUT2D eigenvalue weighted by Gasteiger charge is -2.31. The number of anilines is 2. The lowest BCUT2D eigenvalue weighted by molar-refractivity contribution is -0.135. The van der Waals surface area contributed by atoms with E-state index in [1.165, 1.54) is 6.33 Å². The molecule has 4 aromatic rings. The first-order chi connectivity index (χ1) is 18.1. The molecule has 1 aliphatic heterocycles. The zero-order valence-corrected chi connectivity index (χ0v) is 21.6. The van der Waals surface area contributed by atoms with E-state index in [4.69, 9.17) is 26.2 Å². The molecule has 2 aromatic carbocycles. The average molecular weight is 541 g/mol. The average Bonchev–Trinajstić information content (AvgIpc) is 3.45. The number of aromatic nitrogens is 3. The van der Waals surface area contributed by atoms with Crippen LogP contribution in [0.2, 0.25) is 5.02 Å². The number of aliphatic hydroxyl groups excluding tert-OH is 1. The van der Waals surface area contributed by atoms with Gasteiger partial charge in [0.2, 0.25) is 11.4 Å². The quantitative estimate of drug-likeness (QED) is 0.291.